The lowest BCUT2D eigenvalue weighted by molar-refractivity contribution is 0.0621. The van der Waals surface area contributed by atoms with Crippen molar-refractivity contribution in [1.29, 1.82) is 0 Å². The molecule has 6 heteroatoms. The van der Waals surface area contributed by atoms with Gasteiger partial charge in [-0.2, -0.15) is 0 Å². The Labute approximate surface area is 181 Å². The molecule has 2 atom stereocenters. The number of nitrogens with zero attached hydrogens (tertiary/aromatic N) is 1. The van der Waals surface area contributed by atoms with Gasteiger partial charge in [0.05, 0.1) is 0 Å². The van der Waals surface area contributed by atoms with Crippen molar-refractivity contribution in [2.24, 2.45) is 0 Å². The number of hydrogen-bond acceptors (Lipinski definition) is 2. The highest BCUT2D eigenvalue weighted by molar-refractivity contribution is 6.39. The molecule has 1 aromatic heterocycles. The van der Waals surface area contributed by atoms with E-state index < -0.39 is 0 Å². The molecule has 3 aromatic rings. The van der Waals surface area contributed by atoms with E-state index in [1.165, 1.54) is 5.56 Å². The third-order valence-electron chi connectivity index (χ3n) is 6.51. The zero-order chi connectivity index (χ0) is 21.1. The van der Waals surface area contributed by atoms with Crippen LogP contribution in [0.2, 0.25) is 0 Å². The first-order valence-electron chi connectivity index (χ1n) is 11.2. The average Bonchev–Trinajstić information content (AvgIpc) is 3.19. The number of aromatic amines is 1. The Morgan fingerprint density at radius 3 is 2.60 bits per heavy atom. The summed E-state index contributed by atoms with van der Waals surface area (Å²) in [4.78, 5) is 18.7. The summed E-state index contributed by atoms with van der Waals surface area (Å²) in [5.74, 6) is 0.113. The molecule has 1 amide bonds. The molecule has 4 rings (SSSR count). The minimum Gasteiger partial charge on any atom is -0.351 e. The number of carbonyl (C=O) groups is 1. The highest BCUT2D eigenvalue weighted by atomic mass is 16.2. The Kier molecular flexibility index (Phi) is 6.05. The van der Waals surface area contributed by atoms with Crippen LogP contribution in [0.3, 0.4) is 0 Å². The van der Waals surface area contributed by atoms with Crippen molar-refractivity contribution in [2.45, 2.75) is 50.0 Å². The lowest BCUT2D eigenvalue weighted by atomic mass is 9.57. The highest BCUT2D eigenvalue weighted by Crippen LogP contribution is 2.27. The standard InChI is InChI=1S/C24H31B2N3O/c1-2-29(23(30)22-15-17-9-6-7-14-21(17)27-22)20-13-8-12-19(16-20)28-24(25,26)18-10-4-3-5-11-18/h3-7,9-11,14-15,19-20,27-28H,2,8,12-13,16,25-26H2,1H3. The summed E-state index contributed by atoms with van der Waals surface area (Å²) in [5.41, 5.74) is 3.01. The van der Waals surface area contributed by atoms with Gasteiger partial charge in [-0.15, -0.1) is 0 Å². The Hall–Kier alpha value is -2.46. The topological polar surface area (TPSA) is 48.1 Å². The van der Waals surface area contributed by atoms with Crippen molar-refractivity contribution >= 4 is 32.5 Å². The fraction of sp³-hybridized carbons (Fsp3) is 0.375. The molecular weight excluding hydrogens is 368 g/mol. The van der Waals surface area contributed by atoms with E-state index in [1.54, 1.807) is 0 Å². The van der Waals surface area contributed by atoms with Crippen LogP contribution in [0, 0.1) is 0 Å². The predicted molar refractivity (Wildman–Crippen MR) is 129 cm³/mol. The number of para-hydroxylation sites is 1. The van der Waals surface area contributed by atoms with E-state index in [-0.39, 0.29) is 17.3 Å². The molecule has 0 radical (unpaired) electrons. The number of hydrogen-bond donors (Lipinski definition) is 2. The third kappa shape index (κ3) is 4.34. The van der Waals surface area contributed by atoms with Gasteiger partial charge in [-0.05, 0) is 55.6 Å². The van der Waals surface area contributed by atoms with E-state index in [4.69, 9.17) is 0 Å². The molecule has 2 N–H and O–H groups in total. The maximum atomic E-state index is 13.3. The fourth-order valence-corrected chi connectivity index (χ4v) is 4.94. The van der Waals surface area contributed by atoms with Crippen LogP contribution in [0.25, 0.3) is 10.9 Å². The molecule has 30 heavy (non-hydrogen) atoms. The van der Waals surface area contributed by atoms with E-state index in [1.807, 2.05) is 30.3 Å². The number of rotatable bonds is 6. The predicted octanol–water partition coefficient (Wildman–Crippen LogP) is 2.61. The van der Waals surface area contributed by atoms with Gasteiger partial charge >= 0.3 is 0 Å². The first-order valence-corrected chi connectivity index (χ1v) is 11.2. The lowest BCUT2D eigenvalue weighted by Crippen LogP contribution is -2.53. The Bertz CT molecular complexity index is 969. The molecule has 2 unspecified atom stereocenters. The van der Waals surface area contributed by atoms with Gasteiger partial charge in [0, 0.05) is 29.5 Å². The van der Waals surface area contributed by atoms with E-state index in [2.05, 4.69) is 68.1 Å². The first kappa shape index (κ1) is 20.8. The van der Waals surface area contributed by atoms with Crippen LogP contribution >= 0.6 is 0 Å². The summed E-state index contributed by atoms with van der Waals surface area (Å²) in [7, 11) is 4.50. The molecule has 2 aromatic carbocycles. The molecule has 1 fully saturated rings. The molecule has 1 heterocycles. The molecule has 0 bridgehead atoms. The van der Waals surface area contributed by atoms with E-state index in [9.17, 15) is 4.79 Å². The normalized spacial score (nSPS) is 19.6. The monoisotopic (exact) mass is 399 g/mol. The second kappa shape index (κ2) is 8.73. The maximum absolute atomic E-state index is 13.3. The number of benzene rings is 2. The average molecular weight is 399 g/mol. The van der Waals surface area contributed by atoms with E-state index in [0.717, 1.165) is 43.1 Å². The molecule has 1 saturated carbocycles. The molecule has 1 aliphatic carbocycles. The fourth-order valence-electron chi connectivity index (χ4n) is 4.94. The van der Waals surface area contributed by atoms with Crippen LogP contribution in [0.1, 0.15) is 48.7 Å². The van der Waals surface area contributed by atoms with Crippen molar-refractivity contribution in [1.82, 2.24) is 15.2 Å². The molecule has 154 valence electrons. The second-order valence-corrected chi connectivity index (χ2v) is 9.01. The molecular formula is C24H31B2N3O. The van der Waals surface area contributed by atoms with Crippen molar-refractivity contribution in [2.75, 3.05) is 6.54 Å². The summed E-state index contributed by atoms with van der Waals surface area (Å²) in [6, 6.07) is 21.4. The Morgan fingerprint density at radius 2 is 1.87 bits per heavy atom. The van der Waals surface area contributed by atoms with Crippen molar-refractivity contribution in [3.63, 3.8) is 0 Å². The number of amides is 1. The van der Waals surface area contributed by atoms with Crippen LogP contribution in [-0.2, 0) is 5.34 Å². The smallest absolute Gasteiger partial charge is 0.270 e. The summed E-state index contributed by atoms with van der Waals surface area (Å²) < 4.78 is 0. The number of fused-ring (bicyclic) bond motifs is 1. The van der Waals surface area contributed by atoms with Gasteiger partial charge in [-0.3, -0.25) is 4.79 Å². The third-order valence-corrected chi connectivity index (χ3v) is 6.51. The molecule has 4 nitrogen and oxygen atoms in total. The van der Waals surface area contributed by atoms with Crippen LogP contribution in [0.15, 0.2) is 60.7 Å². The Balaban J connectivity index is 1.47. The summed E-state index contributed by atoms with van der Waals surface area (Å²) >= 11 is 0. The van der Waals surface area contributed by atoms with Gasteiger partial charge in [0.25, 0.3) is 5.91 Å². The number of carbonyl (C=O) groups excluding carboxylic acids is 1. The van der Waals surface area contributed by atoms with Gasteiger partial charge < -0.3 is 15.2 Å². The summed E-state index contributed by atoms with van der Waals surface area (Å²) in [6.07, 6.45) is 4.37. The van der Waals surface area contributed by atoms with E-state index >= 15 is 0 Å². The van der Waals surface area contributed by atoms with Crippen molar-refractivity contribution in [3.8, 4) is 0 Å². The van der Waals surface area contributed by atoms with Gasteiger partial charge in [0.15, 0.2) is 0 Å². The van der Waals surface area contributed by atoms with Gasteiger partial charge in [0.1, 0.15) is 21.4 Å². The summed E-state index contributed by atoms with van der Waals surface area (Å²) in [5, 5.41) is 4.87. The van der Waals surface area contributed by atoms with Crippen LogP contribution in [-0.4, -0.2) is 50.1 Å². The first-order chi connectivity index (χ1) is 14.5. The van der Waals surface area contributed by atoms with Crippen LogP contribution < -0.4 is 5.32 Å². The van der Waals surface area contributed by atoms with Crippen molar-refractivity contribution in [3.05, 3.63) is 71.9 Å². The van der Waals surface area contributed by atoms with Gasteiger partial charge in [-0.1, -0.05) is 48.5 Å². The minimum atomic E-state index is -0.0912. The Morgan fingerprint density at radius 1 is 1.13 bits per heavy atom. The quantitative estimate of drug-likeness (QED) is 0.627. The summed E-state index contributed by atoms with van der Waals surface area (Å²) in [6.45, 7) is 2.82. The van der Waals surface area contributed by atoms with E-state index in [0.29, 0.717) is 11.7 Å². The zero-order valence-electron chi connectivity index (χ0n) is 18.3. The van der Waals surface area contributed by atoms with Crippen LogP contribution in [0.5, 0.6) is 0 Å². The molecule has 0 aliphatic heterocycles. The molecule has 0 saturated heterocycles. The van der Waals surface area contributed by atoms with Crippen LogP contribution in [0.4, 0.5) is 0 Å². The molecule has 1 aliphatic rings. The number of H-pyrrole nitrogens is 1. The largest absolute Gasteiger partial charge is 0.351 e. The SMILES string of the molecule is BC(B)(NC1CCCC(N(CC)C(=O)c2cc3ccccc3[nH]2)C1)c1ccccc1. The zero-order valence-corrected chi connectivity index (χ0v) is 18.3. The van der Waals surface area contributed by atoms with Crippen molar-refractivity contribution < 1.29 is 4.79 Å². The maximum Gasteiger partial charge on any atom is 0.270 e. The minimum absolute atomic E-state index is 0.0912. The second-order valence-electron chi connectivity index (χ2n) is 9.01. The lowest BCUT2D eigenvalue weighted by Gasteiger charge is -2.41. The highest BCUT2D eigenvalue weighted by Gasteiger charge is 2.32. The number of aromatic nitrogens is 1. The molecule has 0 spiro atoms. The number of nitrogens with one attached hydrogen (secondary N) is 2. The van der Waals surface area contributed by atoms with Gasteiger partial charge in [0.2, 0.25) is 0 Å². The van der Waals surface area contributed by atoms with Gasteiger partial charge in [-0.25, -0.2) is 0 Å².